The number of benzene rings is 1. The van der Waals surface area contributed by atoms with Crippen LogP contribution in [-0.2, 0) is 18.9 Å². The molecule has 0 atom stereocenters. The zero-order valence-electron chi connectivity index (χ0n) is 12.1. The van der Waals surface area contributed by atoms with Gasteiger partial charge >= 0.3 is 0 Å². The topological polar surface area (TPSA) is 4.93 Å². The Labute approximate surface area is 115 Å². The summed E-state index contributed by atoms with van der Waals surface area (Å²) in [6.07, 6.45) is 8.34. The van der Waals surface area contributed by atoms with E-state index in [1.165, 1.54) is 49.4 Å². The third kappa shape index (κ3) is 1.47. The Hall–Kier alpha value is -1.24. The quantitative estimate of drug-likeness (QED) is 0.648. The van der Waals surface area contributed by atoms with Gasteiger partial charge in [-0.15, -0.1) is 0 Å². The highest BCUT2D eigenvalue weighted by Gasteiger charge is 2.43. The minimum absolute atomic E-state index is 0.510. The number of aromatic nitrogens is 1. The number of rotatable bonds is 0. The first-order valence-corrected chi connectivity index (χ1v) is 7.78. The molecule has 19 heavy (non-hydrogen) atoms. The highest BCUT2D eigenvalue weighted by molar-refractivity contribution is 5.86. The maximum Gasteiger partial charge on any atom is 0.0482 e. The monoisotopic (exact) mass is 253 g/mol. The molecule has 1 aromatic heterocycles. The summed E-state index contributed by atoms with van der Waals surface area (Å²) in [7, 11) is 2.28. The van der Waals surface area contributed by atoms with E-state index in [0.29, 0.717) is 5.41 Å². The van der Waals surface area contributed by atoms with Gasteiger partial charge in [0, 0.05) is 29.1 Å². The van der Waals surface area contributed by atoms with E-state index in [-0.39, 0.29) is 0 Å². The standard InChI is InChI=1S/C18H23N/c1-13-7-10-18(11-8-13)12-9-15-14-5-3-4-6-16(14)19(2)17(15)18/h3-6,13H,7-12H2,1-2H3. The predicted octanol–water partition coefficient (Wildman–Crippen LogP) is 4.57. The van der Waals surface area contributed by atoms with Crippen molar-refractivity contribution >= 4 is 10.9 Å². The Morgan fingerprint density at radius 1 is 1.11 bits per heavy atom. The fourth-order valence-electron chi connectivity index (χ4n) is 4.68. The Morgan fingerprint density at radius 3 is 2.63 bits per heavy atom. The second-order valence-corrected chi connectivity index (χ2v) is 6.87. The molecule has 2 aliphatic carbocycles. The molecule has 0 N–H and O–H groups in total. The first-order chi connectivity index (χ1) is 9.21. The van der Waals surface area contributed by atoms with Gasteiger partial charge in [-0.05, 0) is 56.1 Å². The lowest BCUT2D eigenvalue weighted by atomic mass is 9.69. The second-order valence-electron chi connectivity index (χ2n) is 6.87. The molecule has 1 fully saturated rings. The molecule has 1 heteroatoms. The van der Waals surface area contributed by atoms with Gasteiger partial charge in [0.25, 0.3) is 0 Å². The van der Waals surface area contributed by atoms with Crippen LogP contribution < -0.4 is 0 Å². The molecule has 0 aliphatic heterocycles. The van der Waals surface area contributed by atoms with Crippen molar-refractivity contribution in [2.75, 3.05) is 0 Å². The number of nitrogens with zero attached hydrogens (tertiary/aromatic N) is 1. The second kappa shape index (κ2) is 3.88. The van der Waals surface area contributed by atoms with Gasteiger partial charge in [-0.25, -0.2) is 0 Å². The van der Waals surface area contributed by atoms with Crippen LogP contribution in [0.15, 0.2) is 24.3 Å². The highest BCUT2D eigenvalue weighted by Crippen LogP contribution is 2.52. The summed E-state index contributed by atoms with van der Waals surface area (Å²) in [5.41, 5.74) is 5.29. The van der Waals surface area contributed by atoms with E-state index >= 15 is 0 Å². The molecule has 0 unspecified atom stereocenters. The van der Waals surface area contributed by atoms with Crippen LogP contribution in [-0.4, -0.2) is 4.57 Å². The fourth-order valence-corrected chi connectivity index (χ4v) is 4.68. The predicted molar refractivity (Wildman–Crippen MR) is 80.6 cm³/mol. The van der Waals surface area contributed by atoms with E-state index in [1.54, 1.807) is 11.3 Å². The third-order valence-corrected chi connectivity index (χ3v) is 5.80. The SMILES string of the molecule is CC1CCC2(CCc3c2n(C)c2ccccc32)CC1. The lowest BCUT2D eigenvalue weighted by molar-refractivity contribution is 0.233. The third-order valence-electron chi connectivity index (χ3n) is 5.80. The highest BCUT2D eigenvalue weighted by atomic mass is 15.0. The van der Waals surface area contributed by atoms with Gasteiger partial charge in [0.2, 0.25) is 0 Å². The largest absolute Gasteiger partial charge is 0.347 e. The summed E-state index contributed by atoms with van der Waals surface area (Å²) >= 11 is 0. The molecular formula is C18H23N. The minimum atomic E-state index is 0.510. The summed E-state index contributed by atoms with van der Waals surface area (Å²) in [6.45, 7) is 2.42. The maximum atomic E-state index is 2.51. The van der Waals surface area contributed by atoms with Gasteiger partial charge in [0.05, 0.1) is 0 Å². The molecule has 1 saturated carbocycles. The molecule has 0 saturated heterocycles. The number of para-hydroxylation sites is 1. The summed E-state index contributed by atoms with van der Waals surface area (Å²) in [5.74, 6) is 0.935. The van der Waals surface area contributed by atoms with E-state index in [4.69, 9.17) is 0 Å². The van der Waals surface area contributed by atoms with E-state index in [1.807, 2.05) is 0 Å². The number of fused-ring (bicyclic) bond motifs is 4. The van der Waals surface area contributed by atoms with Crippen LogP contribution >= 0.6 is 0 Å². The van der Waals surface area contributed by atoms with E-state index in [0.717, 1.165) is 5.92 Å². The summed E-state index contributed by atoms with van der Waals surface area (Å²) in [5, 5.41) is 1.51. The van der Waals surface area contributed by atoms with E-state index in [9.17, 15) is 0 Å². The van der Waals surface area contributed by atoms with Crippen molar-refractivity contribution in [1.29, 1.82) is 0 Å². The van der Waals surface area contributed by atoms with Gasteiger partial charge in [-0.2, -0.15) is 0 Å². The van der Waals surface area contributed by atoms with E-state index < -0.39 is 0 Å². The number of hydrogen-bond donors (Lipinski definition) is 0. The molecule has 2 aliphatic rings. The lowest BCUT2D eigenvalue weighted by Crippen LogP contribution is -2.30. The lowest BCUT2D eigenvalue weighted by Gasteiger charge is -2.37. The smallest absolute Gasteiger partial charge is 0.0482 e. The minimum Gasteiger partial charge on any atom is -0.347 e. The van der Waals surface area contributed by atoms with Crippen LogP contribution in [0.1, 0.15) is 50.3 Å². The van der Waals surface area contributed by atoms with Gasteiger partial charge in [0.15, 0.2) is 0 Å². The molecule has 1 spiro atoms. The van der Waals surface area contributed by atoms with Crippen LogP contribution in [0.3, 0.4) is 0 Å². The van der Waals surface area contributed by atoms with Gasteiger partial charge in [-0.1, -0.05) is 25.1 Å². The van der Waals surface area contributed by atoms with Crippen molar-refractivity contribution in [2.24, 2.45) is 13.0 Å². The van der Waals surface area contributed by atoms with Crippen molar-refractivity contribution < 1.29 is 0 Å². The van der Waals surface area contributed by atoms with Crippen molar-refractivity contribution in [2.45, 2.75) is 50.9 Å². The van der Waals surface area contributed by atoms with Crippen molar-refractivity contribution in [3.8, 4) is 0 Å². The first kappa shape index (κ1) is 11.6. The van der Waals surface area contributed by atoms with Gasteiger partial charge < -0.3 is 4.57 Å². The molecule has 1 nitrogen and oxygen atoms in total. The Balaban J connectivity index is 1.91. The number of aryl methyl sites for hydroxylation is 2. The van der Waals surface area contributed by atoms with Gasteiger partial charge in [0.1, 0.15) is 0 Å². The van der Waals surface area contributed by atoms with E-state index in [2.05, 4.69) is 42.8 Å². The molecule has 1 aromatic carbocycles. The Morgan fingerprint density at radius 2 is 1.84 bits per heavy atom. The molecular weight excluding hydrogens is 230 g/mol. The summed E-state index contributed by atoms with van der Waals surface area (Å²) in [6, 6.07) is 8.97. The average molecular weight is 253 g/mol. The van der Waals surface area contributed by atoms with Crippen LogP contribution in [0.25, 0.3) is 10.9 Å². The molecule has 0 amide bonds. The van der Waals surface area contributed by atoms with Crippen LogP contribution in [0.4, 0.5) is 0 Å². The number of hydrogen-bond acceptors (Lipinski definition) is 0. The zero-order valence-corrected chi connectivity index (χ0v) is 12.1. The average Bonchev–Trinajstić information content (AvgIpc) is 2.94. The molecule has 100 valence electrons. The molecule has 0 bridgehead atoms. The Bertz CT molecular complexity index is 626. The normalized spacial score (nSPS) is 30.1. The zero-order chi connectivity index (χ0) is 13.0. The first-order valence-electron chi connectivity index (χ1n) is 7.78. The molecule has 0 radical (unpaired) electrons. The van der Waals surface area contributed by atoms with Crippen molar-refractivity contribution in [3.63, 3.8) is 0 Å². The van der Waals surface area contributed by atoms with Crippen LogP contribution in [0, 0.1) is 5.92 Å². The van der Waals surface area contributed by atoms with Crippen LogP contribution in [0.2, 0.25) is 0 Å². The maximum absolute atomic E-state index is 2.51. The Kier molecular flexibility index (Phi) is 2.36. The molecule has 2 aromatic rings. The summed E-state index contributed by atoms with van der Waals surface area (Å²) in [4.78, 5) is 0. The van der Waals surface area contributed by atoms with Gasteiger partial charge in [-0.3, -0.25) is 0 Å². The fraction of sp³-hybridized carbons (Fsp3) is 0.556. The van der Waals surface area contributed by atoms with Crippen LogP contribution in [0.5, 0.6) is 0 Å². The summed E-state index contributed by atoms with van der Waals surface area (Å²) < 4.78 is 2.51. The molecule has 1 heterocycles. The van der Waals surface area contributed by atoms with Crippen molar-refractivity contribution in [3.05, 3.63) is 35.5 Å². The molecule has 4 rings (SSSR count). The van der Waals surface area contributed by atoms with Crippen molar-refractivity contribution in [1.82, 2.24) is 4.57 Å².